The van der Waals surface area contributed by atoms with Crippen molar-refractivity contribution >= 4 is 29.0 Å². The number of hydrogen-bond donors (Lipinski definition) is 1. The number of hydrogen-bond acceptors (Lipinski definition) is 6. The van der Waals surface area contributed by atoms with Crippen LogP contribution in [0.5, 0.6) is 0 Å². The maximum Gasteiger partial charge on any atom is 0.316 e. The van der Waals surface area contributed by atoms with Crippen molar-refractivity contribution in [3.8, 4) is 0 Å². The number of rotatable bonds is 4. The Labute approximate surface area is 102 Å². The summed E-state index contributed by atoms with van der Waals surface area (Å²) in [5.74, 6) is 0.631. The first-order valence-corrected chi connectivity index (χ1v) is 6.17. The molecule has 0 radical (unpaired) electrons. The molecule has 0 fully saturated rings. The van der Waals surface area contributed by atoms with Crippen LogP contribution in [-0.4, -0.2) is 15.2 Å². The molecule has 1 unspecified atom stereocenters. The van der Waals surface area contributed by atoms with Crippen LogP contribution < -0.4 is 5.32 Å². The van der Waals surface area contributed by atoms with Gasteiger partial charge >= 0.3 is 6.01 Å². The zero-order valence-corrected chi connectivity index (χ0v) is 10.5. The second-order valence-corrected chi connectivity index (χ2v) is 4.48. The van der Waals surface area contributed by atoms with E-state index in [1.165, 1.54) is 0 Å². The Hall–Kier alpha value is -1.14. The summed E-state index contributed by atoms with van der Waals surface area (Å²) in [6.07, 6.45) is 0. The molecule has 0 aliphatic rings. The summed E-state index contributed by atoms with van der Waals surface area (Å²) in [5, 5.41) is 13.7. The van der Waals surface area contributed by atoms with E-state index in [1.54, 1.807) is 11.3 Å². The topological polar surface area (TPSA) is 63.8 Å². The van der Waals surface area contributed by atoms with Crippen molar-refractivity contribution in [2.45, 2.75) is 25.8 Å². The molecular formula is C9H11ClN4OS. The second kappa shape index (κ2) is 4.80. The molecule has 0 spiro atoms. The van der Waals surface area contributed by atoms with Crippen LogP contribution in [0.15, 0.2) is 9.80 Å². The monoisotopic (exact) mass is 258 g/mol. The van der Waals surface area contributed by atoms with Crippen LogP contribution >= 0.6 is 22.9 Å². The molecule has 16 heavy (non-hydrogen) atoms. The Bertz CT molecular complexity index is 470. The van der Waals surface area contributed by atoms with Crippen molar-refractivity contribution in [2.75, 3.05) is 5.32 Å². The second-order valence-electron chi connectivity index (χ2n) is 3.33. The quantitative estimate of drug-likeness (QED) is 0.855. The Kier molecular flexibility index (Phi) is 3.40. The summed E-state index contributed by atoms with van der Waals surface area (Å²) >= 11 is 7.16. The lowest BCUT2D eigenvalue weighted by atomic mass is 10.3. The molecule has 2 rings (SSSR count). The number of thiazole rings is 1. The van der Waals surface area contributed by atoms with Gasteiger partial charge in [-0.25, -0.2) is 4.98 Å². The Morgan fingerprint density at radius 3 is 2.94 bits per heavy atom. The molecule has 0 aromatic carbocycles. The van der Waals surface area contributed by atoms with Gasteiger partial charge in [-0.05, 0) is 13.8 Å². The highest BCUT2D eigenvalue weighted by Crippen LogP contribution is 2.21. The van der Waals surface area contributed by atoms with Crippen molar-refractivity contribution in [3.63, 3.8) is 0 Å². The smallest absolute Gasteiger partial charge is 0.316 e. The first-order chi connectivity index (χ1) is 7.69. The maximum atomic E-state index is 5.56. The number of alkyl halides is 1. The van der Waals surface area contributed by atoms with Crippen LogP contribution in [-0.2, 0) is 5.88 Å². The number of halogens is 1. The molecule has 0 saturated carbocycles. The molecule has 1 N–H and O–H groups in total. The van der Waals surface area contributed by atoms with Gasteiger partial charge in [0.15, 0.2) is 0 Å². The molecule has 0 aliphatic heterocycles. The van der Waals surface area contributed by atoms with E-state index in [0.29, 0.717) is 11.9 Å². The molecule has 0 bridgehead atoms. The summed E-state index contributed by atoms with van der Waals surface area (Å²) in [7, 11) is 0. The van der Waals surface area contributed by atoms with Crippen LogP contribution in [0.4, 0.5) is 6.01 Å². The number of anilines is 1. The molecule has 2 aromatic rings. The van der Waals surface area contributed by atoms with E-state index in [1.807, 2.05) is 19.2 Å². The lowest BCUT2D eigenvalue weighted by molar-refractivity contribution is 0.520. The zero-order valence-electron chi connectivity index (χ0n) is 8.90. The largest absolute Gasteiger partial charge is 0.407 e. The number of nitrogens with zero attached hydrogens (tertiary/aromatic N) is 3. The van der Waals surface area contributed by atoms with Gasteiger partial charge in [0.1, 0.15) is 10.9 Å². The first-order valence-electron chi connectivity index (χ1n) is 4.76. The van der Waals surface area contributed by atoms with E-state index in [2.05, 4.69) is 20.5 Å². The molecule has 86 valence electrons. The fourth-order valence-corrected chi connectivity index (χ4v) is 2.10. The van der Waals surface area contributed by atoms with Gasteiger partial charge in [-0.2, -0.15) is 0 Å². The van der Waals surface area contributed by atoms with E-state index in [-0.39, 0.29) is 11.9 Å². The predicted molar refractivity (Wildman–Crippen MR) is 62.7 cm³/mol. The van der Waals surface area contributed by atoms with E-state index in [4.69, 9.17) is 16.0 Å². The number of aromatic nitrogens is 3. The summed E-state index contributed by atoms with van der Waals surface area (Å²) < 4.78 is 5.24. The third-order valence-electron chi connectivity index (χ3n) is 1.93. The highest BCUT2D eigenvalue weighted by Gasteiger charge is 2.12. The summed E-state index contributed by atoms with van der Waals surface area (Å²) in [6, 6.07) is 0.415. The Morgan fingerprint density at radius 1 is 1.56 bits per heavy atom. The van der Waals surface area contributed by atoms with Crippen LogP contribution in [0.1, 0.15) is 29.6 Å². The average Bonchev–Trinajstić information content (AvgIpc) is 2.87. The maximum absolute atomic E-state index is 5.56. The third kappa shape index (κ3) is 2.51. The molecule has 0 amide bonds. The fraction of sp³-hybridized carbons (Fsp3) is 0.444. The van der Waals surface area contributed by atoms with Crippen molar-refractivity contribution in [1.82, 2.24) is 15.2 Å². The zero-order chi connectivity index (χ0) is 11.5. The predicted octanol–water partition coefficient (Wildman–Crippen LogP) is 2.75. The Balaban J connectivity index is 2.04. The molecule has 5 nitrogen and oxygen atoms in total. The van der Waals surface area contributed by atoms with E-state index in [9.17, 15) is 0 Å². The van der Waals surface area contributed by atoms with Gasteiger partial charge < -0.3 is 9.73 Å². The SMILES string of the molecule is Cc1csc(C(C)Nc2nnc(CCl)o2)n1. The minimum Gasteiger partial charge on any atom is -0.407 e. The highest BCUT2D eigenvalue weighted by atomic mass is 35.5. The van der Waals surface area contributed by atoms with Crippen LogP contribution in [0, 0.1) is 6.92 Å². The summed E-state index contributed by atoms with van der Waals surface area (Å²) in [5.41, 5.74) is 1.01. The minimum absolute atomic E-state index is 0.0438. The molecule has 1 atom stereocenters. The van der Waals surface area contributed by atoms with Gasteiger partial charge in [-0.15, -0.1) is 28.0 Å². The molecule has 2 aromatic heterocycles. The number of nitrogens with one attached hydrogen (secondary N) is 1. The van der Waals surface area contributed by atoms with Crippen molar-refractivity contribution in [3.05, 3.63) is 22.0 Å². The van der Waals surface area contributed by atoms with Gasteiger partial charge in [0.25, 0.3) is 0 Å². The highest BCUT2D eigenvalue weighted by molar-refractivity contribution is 7.09. The van der Waals surface area contributed by atoms with Crippen molar-refractivity contribution in [2.24, 2.45) is 0 Å². The normalized spacial score (nSPS) is 12.7. The minimum atomic E-state index is 0.0438. The van der Waals surface area contributed by atoms with Crippen molar-refractivity contribution < 1.29 is 4.42 Å². The van der Waals surface area contributed by atoms with Gasteiger partial charge in [0.05, 0.1) is 6.04 Å². The van der Waals surface area contributed by atoms with Gasteiger partial charge in [0.2, 0.25) is 5.89 Å². The van der Waals surface area contributed by atoms with Gasteiger partial charge in [0, 0.05) is 11.1 Å². The standard InChI is InChI=1S/C9H11ClN4OS/c1-5-4-16-8(11-5)6(2)12-9-14-13-7(3-10)15-9/h4,6H,3H2,1-2H3,(H,12,14). The molecule has 0 saturated heterocycles. The summed E-state index contributed by atoms with van der Waals surface area (Å²) in [6.45, 7) is 3.95. The van der Waals surface area contributed by atoms with E-state index >= 15 is 0 Å². The van der Waals surface area contributed by atoms with Gasteiger partial charge in [-0.3, -0.25) is 0 Å². The molecule has 0 aliphatic carbocycles. The molecule has 7 heteroatoms. The molecular weight excluding hydrogens is 248 g/mol. The lowest BCUT2D eigenvalue weighted by Crippen LogP contribution is -2.06. The average molecular weight is 259 g/mol. The van der Waals surface area contributed by atoms with E-state index in [0.717, 1.165) is 10.7 Å². The summed E-state index contributed by atoms with van der Waals surface area (Å²) in [4.78, 5) is 4.37. The van der Waals surface area contributed by atoms with Crippen molar-refractivity contribution in [1.29, 1.82) is 0 Å². The van der Waals surface area contributed by atoms with E-state index < -0.39 is 0 Å². The number of aryl methyl sites for hydroxylation is 1. The van der Waals surface area contributed by atoms with Crippen LogP contribution in [0.25, 0.3) is 0 Å². The Morgan fingerprint density at radius 2 is 2.38 bits per heavy atom. The first kappa shape index (κ1) is 11.3. The fourth-order valence-electron chi connectivity index (χ4n) is 1.18. The van der Waals surface area contributed by atoms with Crippen LogP contribution in [0.2, 0.25) is 0 Å². The van der Waals surface area contributed by atoms with Gasteiger partial charge in [-0.1, -0.05) is 5.10 Å². The van der Waals surface area contributed by atoms with Crippen LogP contribution in [0.3, 0.4) is 0 Å². The molecule has 2 heterocycles. The third-order valence-corrected chi connectivity index (χ3v) is 3.30. The lowest BCUT2D eigenvalue weighted by Gasteiger charge is -2.07.